The number of ether oxygens (including phenoxy) is 2. The van der Waals surface area contributed by atoms with Crippen molar-refractivity contribution in [2.45, 2.75) is 64.3 Å². The van der Waals surface area contributed by atoms with Crippen molar-refractivity contribution in [3.8, 4) is 17.2 Å². The lowest BCUT2D eigenvalue weighted by Gasteiger charge is -2.32. The topological polar surface area (TPSA) is 76.0 Å². The van der Waals surface area contributed by atoms with E-state index in [1.165, 1.54) is 12.1 Å². The van der Waals surface area contributed by atoms with E-state index in [2.05, 4.69) is 13.8 Å². The van der Waals surface area contributed by atoms with E-state index in [0.29, 0.717) is 12.2 Å². The smallest absolute Gasteiger partial charge is 0.189 e. The fourth-order valence-corrected chi connectivity index (χ4v) is 3.91. The van der Waals surface area contributed by atoms with Gasteiger partial charge in [-0.05, 0) is 81.5 Å². The Balaban J connectivity index is 1.52. The number of rotatable bonds is 4. The number of aliphatic hydroxyl groups is 1. The van der Waals surface area contributed by atoms with Gasteiger partial charge in [0.15, 0.2) is 5.78 Å². The molecule has 5 nitrogen and oxygen atoms in total. The van der Waals surface area contributed by atoms with E-state index in [0.717, 1.165) is 35.3 Å². The standard InChI is InChI=1S/C25H28O5/c1-24(2)10-9-16-11-15(6-8-21(16)30-24)5-7-19(26)18-12-17-13-23(25(3,4)28)29-22(17)14-20(18)27/h5-8,11-12,14,23,27-28H,9-10,13H2,1-4H3. The summed E-state index contributed by atoms with van der Waals surface area (Å²) < 4.78 is 11.7. The monoisotopic (exact) mass is 408 g/mol. The summed E-state index contributed by atoms with van der Waals surface area (Å²) in [6.07, 6.45) is 5.19. The Bertz CT molecular complexity index is 1030. The second-order valence-corrected chi connectivity index (χ2v) is 9.37. The van der Waals surface area contributed by atoms with E-state index in [1.807, 2.05) is 18.2 Å². The van der Waals surface area contributed by atoms with Gasteiger partial charge in [0.25, 0.3) is 0 Å². The molecule has 0 bridgehead atoms. The van der Waals surface area contributed by atoms with Gasteiger partial charge >= 0.3 is 0 Å². The Morgan fingerprint density at radius 3 is 2.67 bits per heavy atom. The van der Waals surface area contributed by atoms with Gasteiger partial charge in [-0.3, -0.25) is 4.79 Å². The number of allylic oxidation sites excluding steroid dienone is 1. The predicted molar refractivity (Wildman–Crippen MR) is 115 cm³/mol. The van der Waals surface area contributed by atoms with Crippen molar-refractivity contribution in [1.29, 1.82) is 0 Å². The van der Waals surface area contributed by atoms with E-state index in [1.54, 1.807) is 26.0 Å². The summed E-state index contributed by atoms with van der Waals surface area (Å²) in [4.78, 5) is 12.7. The van der Waals surface area contributed by atoms with Crippen LogP contribution in [-0.2, 0) is 12.8 Å². The molecule has 0 aromatic heterocycles. The molecule has 5 heteroatoms. The summed E-state index contributed by atoms with van der Waals surface area (Å²) in [7, 11) is 0. The van der Waals surface area contributed by atoms with Crippen molar-refractivity contribution in [1.82, 2.24) is 0 Å². The Kier molecular flexibility index (Phi) is 4.89. The van der Waals surface area contributed by atoms with Crippen molar-refractivity contribution >= 4 is 11.9 Å². The lowest BCUT2D eigenvalue weighted by atomic mass is 9.93. The summed E-state index contributed by atoms with van der Waals surface area (Å²) in [6.45, 7) is 7.53. The van der Waals surface area contributed by atoms with E-state index in [4.69, 9.17) is 9.47 Å². The maximum Gasteiger partial charge on any atom is 0.189 e. The molecule has 158 valence electrons. The Morgan fingerprint density at radius 1 is 1.17 bits per heavy atom. The molecular weight excluding hydrogens is 380 g/mol. The molecule has 2 aromatic carbocycles. The first kappa shape index (κ1) is 20.5. The molecule has 4 rings (SSSR count). The third kappa shape index (κ3) is 4.08. The zero-order valence-electron chi connectivity index (χ0n) is 17.9. The van der Waals surface area contributed by atoms with Crippen molar-refractivity contribution in [3.05, 3.63) is 58.7 Å². The lowest BCUT2D eigenvalue weighted by molar-refractivity contribution is -0.0230. The van der Waals surface area contributed by atoms with Crippen LogP contribution in [-0.4, -0.2) is 33.3 Å². The van der Waals surface area contributed by atoms with Crippen LogP contribution in [0.25, 0.3) is 6.08 Å². The van der Waals surface area contributed by atoms with Crippen LogP contribution in [0.15, 0.2) is 36.4 Å². The van der Waals surface area contributed by atoms with Crippen molar-refractivity contribution in [3.63, 3.8) is 0 Å². The van der Waals surface area contributed by atoms with Crippen molar-refractivity contribution in [2.75, 3.05) is 0 Å². The van der Waals surface area contributed by atoms with Gasteiger partial charge in [-0.15, -0.1) is 0 Å². The number of phenolic OH excluding ortho intramolecular Hbond substituents is 1. The predicted octanol–water partition coefficient (Wildman–Crippen LogP) is 4.47. The minimum Gasteiger partial charge on any atom is -0.507 e. The highest BCUT2D eigenvalue weighted by molar-refractivity contribution is 6.08. The van der Waals surface area contributed by atoms with Crippen LogP contribution >= 0.6 is 0 Å². The Labute approximate surface area is 177 Å². The zero-order valence-corrected chi connectivity index (χ0v) is 17.9. The molecule has 2 N–H and O–H groups in total. The zero-order chi connectivity index (χ0) is 21.7. The minimum absolute atomic E-state index is 0.124. The van der Waals surface area contributed by atoms with Crippen LogP contribution in [0.3, 0.4) is 0 Å². The molecule has 0 saturated heterocycles. The van der Waals surface area contributed by atoms with E-state index in [-0.39, 0.29) is 22.7 Å². The Hall–Kier alpha value is -2.79. The second-order valence-electron chi connectivity index (χ2n) is 9.37. The second kappa shape index (κ2) is 7.17. The number of hydrogen-bond acceptors (Lipinski definition) is 5. The van der Waals surface area contributed by atoms with Gasteiger partial charge < -0.3 is 19.7 Å². The third-order valence-corrected chi connectivity index (χ3v) is 5.80. The van der Waals surface area contributed by atoms with Crippen LogP contribution in [0, 0.1) is 0 Å². The number of fused-ring (bicyclic) bond motifs is 2. The first-order chi connectivity index (χ1) is 14.0. The first-order valence-electron chi connectivity index (χ1n) is 10.3. The number of aromatic hydroxyl groups is 1. The number of ketones is 1. The van der Waals surface area contributed by atoms with Gasteiger partial charge in [0.1, 0.15) is 29.0 Å². The molecule has 2 heterocycles. The number of carbonyl (C=O) groups excluding carboxylic acids is 1. The summed E-state index contributed by atoms with van der Waals surface area (Å²) in [5, 5.41) is 20.5. The molecule has 2 aliphatic heterocycles. The third-order valence-electron chi connectivity index (χ3n) is 5.80. The number of carbonyl (C=O) groups is 1. The quantitative estimate of drug-likeness (QED) is 0.577. The van der Waals surface area contributed by atoms with Crippen LogP contribution in [0.1, 0.15) is 61.2 Å². The van der Waals surface area contributed by atoms with Crippen molar-refractivity contribution < 1.29 is 24.5 Å². The molecule has 30 heavy (non-hydrogen) atoms. The number of aryl methyl sites for hydroxylation is 1. The fraction of sp³-hybridized carbons (Fsp3) is 0.400. The summed E-state index contributed by atoms with van der Waals surface area (Å²) in [5.41, 5.74) is 1.93. The molecular formula is C25H28O5. The molecule has 0 spiro atoms. The van der Waals surface area contributed by atoms with Crippen molar-refractivity contribution in [2.24, 2.45) is 0 Å². The molecule has 0 radical (unpaired) electrons. The van der Waals surface area contributed by atoms with Gasteiger partial charge in [-0.25, -0.2) is 0 Å². The van der Waals surface area contributed by atoms with Gasteiger partial charge in [-0.2, -0.15) is 0 Å². The normalized spacial score (nSPS) is 19.7. The van der Waals surface area contributed by atoms with Crippen LogP contribution in [0.2, 0.25) is 0 Å². The summed E-state index contributed by atoms with van der Waals surface area (Å²) in [5.74, 6) is 1.00. The molecule has 1 unspecified atom stereocenters. The average Bonchev–Trinajstić information content (AvgIpc) is 3.08. The lowest BCUT2D eigenvalue weighted by Crippen LogP contribution is -2.39. The summed E-state index contributed by atoms with van der Waals surface area (Å²) >= 11 is 0. The Morgan fingerprint density at radius 2 is 1.93 bits per heavy atom. The molecule has 0 fully saturated rings. The number of phenols is 1. The highest BCUT2D eigenvalue weighted by atomic mass is 16.5. The largest absolute Gasteiger partial charge is 0.507 e. The molecule has 1 atom stereocenters. The average molecular weight is 408 g/mol. The number of benzene rings is 2. The summed E-state index contributed by atoms with van der Waals surface area (Å²) in [6, 6.07) is 9.03. The van der Waals surface area contributed by atoms with Gasteiger partial charge in [0.2, 0.25) is 0 Å². The van der Waals surface area contributed by atoms with Gasteiger partial charge in [-0.1, -0.05) is 12.1 Å². The minimum atomic E-state index is -1.01. The van der Waals surface area contributed by atoms with E-state index < -0.39 is 11.7 Å². The first-order valence-corrected chi connectivity index (χ1v) is 10.3. The SMILES string of the molecule is CC1(C)CCc2cc(C=CC(=O)c3cc4c(cc3O)OC(C(C)(C)O)C4)ccc2O1. The molecule has 0 saturated carbocycles. The van der Waals surface area contributed by atoms with Gasteiger partial charge in [0.05, 0.1) is 11.2 Å². The van der Waals surface area contributed by atoms with Crippen LogP contribution in [0.5, 0.6) is 17.2 Å². The molecule has 0 amide bonds. The molecule has 0 aliphatic carbocycles. The highest BCUT2D eigenvalue weighted by Crippen LogP contribution is 2.38. The fourth-order valence-electron chi connectivity index (χ4n) is 3.91. The van der Waals surface area contributed by atoms with Crippen LogP contribution < -0.4 is 9.47 Å². The number of hydrogen-bond donors (Lipinski definition) is 2. The van der Waals surface area contributed by atoms with E-state index in [9.17, 15) is 15.0 Å². The highest BCUT2D eigenvalue weighted by Gasteiger charge is 2.35. The van der Waals surface area contributed by atoms with Crippen LogP contribution in [0.4, 0.5) is 0 Å². The van der Waals surface area contributed by atoms with E-state index >= 15 is 0 Å². The maximum absolute atomic E-state index is 12.7. The maximum atomic E-state index is 12.7. The molecule has 2 aromatic rings. The van der Waals surface area contributed by atoms with Gasteiger partial charge in [0, 0.05) is 12.5 Å². The molecule has 2 aliphatic rings.